The smallest absolute Gasteiger partial charge is 0.143 e. The van der Waals surface area contributed by atoms with Crippen molar-refractivity contribution in [3.8, 4) is 5.75 Å². The van der Waals surface area contributed by atoms with Gasteiger partial charge >= 0.3 is 0 Å². The highest BCUT2D eigenvalue weighted by Crippen LogP contribution is 2.33. The molecule has 3 heteroatoms. The molecule has 1 aliphatic rings. The molecule has 2 N–H and O–H groups in total. The van der Waals surface area contributed by atoms with Crippen LogP contribution < -0.4 is 10.5 Å². The van der Waals surface area contributed by atoms with E-state index in [4.69, 9.17) is 10.5 Å². The van der Waals surface area contributed by atoms with E-state index in [1.807, 2.05) is 12.1 Å². The summed E-state index contributed by atoms with van der Waals surface area (Å²) in [6.45, 7) is 1.85. The van der Waals surface area contributed by atoms with E-state index in [-0.39, 0.29) is 0 Å². The molecule has 1 unspecified atom stereocenters. The lowest BCUT2D eigenvalue weighted by atomic mass is 9.96. The van der Waals surface area contributed by atoms with E-state index in [0.29, 0.717) is 5.92 Å². The second kappa shape index (κ2) is 4.08. The number of benzene rings is 1. The zero-order valence-electron chi connectivity index (χ0n) is 10.1. The maximum atomic E-state index is 5.78. The van der Waals surface area contributed by atoms with Gasteiger partial charge in [-0.05, 0) is 37.4 Å². The Bertz CT molecular complexity index is 544. The van der Waals surface area contributed by atoms with Gasteiger partial charge in [0.25, 0.3) is 0 Å². The Morgan fingerprint density at radius 2 is 2.35 bits per heavy atom. The van der Waals surface area contributed by atoms with Crippen LogP contribution in [0.1, 0.15) is 12.1 Å². The third kappa shape index (κ3) is 1.62. The molecule has 1 aromatic carbocycles. The van der Waals surface area contributed by atoms with Gasteiger partial charge in [0.15, 0.2) is 0 Å². The summed E-state index contributed by atoms with van der Waals surface area (Å²) >= 11 is 0. The van der Waals surface area contributed by atoms with Crippen LogP contribution in [0.3, 0.4) is 0 Å². The lowest BCUT2D eigenvalue weighted by Gasteiger charge is -2.24. The summed E-state index contributed by atoms with van der Waals surface area (Å²) in [4.78, 5) is 0. The Labute approximate surface area is 101 Å². The molecule has 1 aromatic heterocycles. The molecule has 3 nitrogen and oxygen atoms in total. The first kappa shape index (κ1) is 10.7. The van der Waals surface area contributed by atoms with Gasteiger partial charge in [-0.25, -0.2) is 0 Å². The average Bonchev–Trinajstić information content (AvgIpc) is 2.75. The zero-order chi connectivity index (χ0) is 11.8. The van der Waals surface area contributed by atoms with Crippen molar-refractivity contribution >= 4 is 10.9 Å². The number of ether oxygens (including phenoxy) is 1. The van der Waals surface area contributed by atoms with Gasteiger partial charge in [0.1, 0.15) is 5.75 Å². The molecule has 2 aromatic rings. The highest BCUT2D eigenvalue weighted by atomic mass is 16.5. The maximum Gasteiger partial charge on any atom is 0.143 e. The van der Waals surface area contributed by atoms with Crippen LogP contribution in [-0.2, 0) is 13.0 Å². The summed E-state index contributed by atoms with van der Waals surface area (Å²) in [6, 6.07) is 8.51. The fourth-order valence-electron chi connectivity index (χ4n) is 2.85. The van der Waals surface area contributed by atoms with Crippen molar-refractivity contribution in [1.82, 2.24) is 4.57 Å². The first-order valence-electron chi connectivity index (χ1n) is 6.18. The van der Waals surface area contributed by atoms with Crippen molar-refractivity contribution in [2.75, 3.05) is 13.7 Å². The molecule has 3 rings (SSSR count). The van der Waals surface area contributed by atoms with E-state index >= 15 is 0 Å². The Kier molecular flexibility index (Phi) is 2.56. The van der Waals surface area contributed by atoms with Crippen LogP contribution in [0.25, 0.3) is 10.9 Å². The zero-order valence-corrected chi connectivity index (χ0v) is 10.1. The Balaban J connectivity index is 2.16. The van der Waals surface area contributed by atoms with Gasteiger partial charge in [-0.15, -0.1) is 0 Å². The second-order valence-electron chi connectivity index (χ2n) is 4.78. The molecular formula is C14H18N2O. The van der Waals surface area contributed by atoms with Gasteiger partial charge in [-0.3, -0.25) is 0 Å². The number of rotatable bonds is 2. The molecule has 0 saturated carbocycles. The van der Waals surface area contributed by atoms with E-state index in [9.17, 15) is 0 Å². The number of aromatic nitrogens is 1. The predicted molar refractivity (Wildman–Crippen MR) is 69.4 cm³/mol. The fraction of sp³-hybridized carbons (Fsp3) is 0.429. The Morgan fingerprint density at radius 3 is 3.12 bits per heavy atom. The third-order valence-electron chi connectivity index (χ3n) is 3.78. The number of methoxy groups -OCH3 is 1. The SMILES string of the molecule is COc1cccc2cc3n(c12)CCC(CN)C3. The maximum absolute atomic E-state index is 5.78. The molecule has 0 spiro atoms. The lowest BCUT2D eigenvalue weighted by molar-refractivity contribution is 0.392. The van der Waals surface area contributed by atoms with Crippen LogP contribution in [-0.4, -0.2) is 18.2 Å². The van der Waals surface area contributed by atoms with Crippen molar-refractivity contribution in [1.29, 1.82) is 0 Å². The number of hydrogen-bond acceptors (Lipinski definition) is 2. The van der Waals surface area contributed by atoms with E-state index < -0.39 is 0 Å². The first-order valence-corrected chi connectivity index (χ1v) is 6.18. The van der Waals surface area contributed by atoms with Crippen molar-refractivity contribution < 1.29 is 4.74 Å². The summed E-state index contributed by atoms with van der Waals surface area (Å²) in [6.07, 6.45) is 2.26. The third-order valence-corrected chi connectivity index (χ3v) is 3.78. The van der Waals surface area contributed by atoms with Crippen molar-refractivity contribution in [2.45, 2.75) is 19.4 Å². The van der Waals surface area contributed by atoms with Crippen LogP contribution in [0.15, 0.2) is 24.3 Å². The largest absolute Gasteiger partial charge is 0.495 e. The second-order valence-corrected chi connectivity index (χ2v) is 4.78. The highest BCUT2D eigenvalue weighted by Gasteiger charge is 2.20. The Morgan fingerprint density at radius 1 is 1.47 bits per heavy atom. The average molecular weight is 230 g/mol. The number of aryl methyl sites for hydroxylation is 1. The van der Waals surface area contributed by atoms with Crippen LogP contribution in [0, 0.1) is 5.92 Å². The lowest BCUT2D eigenvalue weighted by Crippen LogP contribution is -2.24. The number of nitrogens with two attached hydrogens (primary N) is 1. The molecule has 0 saturated heterocycles. The van der Waals surface area contributed by atoms with Gasteiger partial charge in [0.2, 0.25) is 0 Å². The molecule has 0 aliphatic carbocycles. The minimum Gasteiger partial charge on any atom is -0.495 e. The Hall–Kier alpha value is -1.48. The monoisotopic (exact) mass is 230 g/mol. The van der Waals surface area contributed by atoms with Crippen molar-refractivity contribution in [2.24, 2.45) is 11.7 Å². The number of nitrogens with zero attached hydrogens (tertiary/aromatic N) is 1. The van der Waals surface area contributed by atoms with Gasteiger partial charge in [0, 0.05) is 17.6 Å². The van der Waals surface area contributed by atoms with Crippen molar-refractivity contribution in [3.05, 3.63) is 30.0 Å². The number of fused-ring (bicyclic) bond motifs is 3. The summed E-state index contributed by atoms with van der Waals surface area (Å²) in [7, 11) is 1.74. The summed E-state index contributed by atoms with van der Waals surface area (Å²) in [5.41, 5.74) is 8.41. The molecule has 0 radical (unpaired) electrons. The first-order chi connectivity index (χ1) is 8.33. The van der Waals surface area contributed by atoms with E-state index in [0.717, 1.165) is 25.3 Å². The summed E-state index contributed by atoms with van der Waals surface area (Å²) < 4.78 is 7.85. The van der Waals surface area contributed by atoms with E-state index in [1.165, 1.54) is 23.0 Å². The number of para-hydroxylation sites is 1. The summed E-state index contributed by atoms with van der Waals surface area (Å²) in [5.74, 6) is 1.61. The molecular weight excluding hydrogens is 212 g/mol. The highest BCUT2D eigenvalue weighted by molar-refractivity contribution is 5.87. The molecule has 0 amide bonds. The van der Waals surface area contributed by atoms with Crippen LogP contribution >= 0.6 is 0 Å². The normalized spacial score (nSPS) is 19.3. The van der Waals surface area contributed by atoms with Gasteiger partial charge in [-0.1, -0.05) is 12.1 Å². The minimum atomic E-state index is 0.637. The molecule has 1 atom stereocenters. The fourth-order valence-corrected chi connectivity index (χ4v) is 2.85. The van der Waals surface area contributed by atoms with Gasteiger partial charge < -0.3 is 15.0 Å². The van der Waals surface area contributed by atoms with Crippen molar-refractivity contribution in [3.63, 3.8) is 0 Å². The molecule has 90 valence electrons. The van der Waals surface area contributed by atoms with E-state index in [1.54, 1.807) is 7.11 Å². The topological polar surface area (TPSA) is 40.2 Å². The molecule has 0 fully saturated rings. The van der Waals surface area contributed by atoms with Gasteiger partial charge in [-0.2, -0.15) is 0 Å². The molecule has 0 bridgehead atoms. The van der Waals surface area contributed by atoms with Crippen LogP contribution in [0.4, 0.5) is 0 Å². The molecule has 1 aliphatic heterocycles. The van der Waals surface area contributed by atoms with Crippen LogP contribution in [0.2, 0.25) is 0 Å². The standard InChI is InChI=1S/C14H18N2O/c1-17-13-4-2-3-11-8-12-7-10(9-15)5-6-16(12)14(11)13/h2-4,8,10H,5-7,9,15H2,1H3. The minimum absolute atomic E-state index is 0.637. The van der Waals surface area contributed by atoms with Crippen LogP contribution in [0.5, 0.6) is 5.75 Å². The van der Waals surface area contributed by atoms with E-state index in [2.05, 4.69) is 16.7 Å². The molecule has 17 heavy (non-hydrogen) atoms. The number of hydrogen-bond donors (Lipinski definition) is 1. The van der Waals surface area contributed by atoms with Gasteiger partial charge in [0.05, 0.1) is 12.6 Å². The quantitative estimate of drug-likeness (QED) is 0.859. The summed E-state index contributed by atoms with van der Waals surface area (Å²) in [5, 5.41) is 1.28. The molecule has 2 heterocycles. The predicted octanol–water partition coefficient (Wildman–Crippen LogP) is 2.17.